The molecule has 4 aromatic carbocycles. The van der Waals surface area contributed by atoms with Crippen LogP contribution >= 0.6 is 0 Å². The number of hydrogen-bond donors (Lipinski definition) is 0. The lowest BCUT2D eigenvalue weighted by Gasteiger charge is -2.08. The minimum absolute atomic E-state index is 1.16. The minimum atomic E-state index is 1.16. The van der Waals surface area contributed by atoms with Crippen molar-refractivity contribution in [3.63, 3.8) is 0 Å². The lowest BCUT2D eigenvalue weighted by atomic mass is 9.96. The topological polar surface area (TPSA) is 0 Å². The van der Waals surface area contributed by atoms with E-state index in [4.69, 9.17) is 0 Å². The summed E-state index contributed by atoms with van der Waals surface area (Å²) in [5.74, 6) is 0. The van der Waals surface area contributed by atoms with Gasteiger partial charge in [0.2, 0.25) is 0 Å². The Morgan fingerprint density at radius 3 is 1.81 bits per heavy atom. The van der Waals surface area contributed by atoms with E-state index in [-0.39, 0.29) is 0 Å². The second kappa shape index (κ2) is 7.96. The predicted molar refractivity (Wildman–Crippen MR) is 119 cm³/mol. The van der Waals surface area contributed by atoms with Gasteiger partial charge in [0.05, 0.1) is 0 Å². The van der Waals surface area contributed by atoms with Crippen LogP contribution in [-0.2, 0) is 12.8 Å². The second-order valence-corrected chi connectivity index (χ2v) is 7.65. The number of hydrogen-bond acceptors (Lipinski definition) is 0. The van der Waals surface area contributed by atoms with Gasteiger partial charge in [-0.25, -0.2) is 0 Å². The van der Waals surface area contributed by atoms with Crippen molar-refractivity contribution in [3.8, 4) is 11.1 Å². The maximum Gasteiger partial charge on any atom is -0.0171 e. The normalized spacial score (nSPS) is 11.3. The number of aryl methyl sites for hydroxylation is 2. The summed E-state index contributed by atoms with van der Waals surface area (Å²) in [6, 6.07) is 27.5. The first-order valence-corrected chi connectivity index (χ1v) is 10.3. The second-order valence-electron chi connectivity index (χ2n) is 7.65. The first-order valence-electron chi connectivity index (χ1n) is 10.3. The molecule has 0 amide bonds. The van der Waals surface area contributed by atoms with Crippen molar-refractivity contribution >= 4 is 21.5 Å². The summed E-state index contributed by atoms with van der Waals surface area (Å²) in [6.07, 6.45) is 6.04. The van der Waals surface area contributed by atoms with E-state index in [9.17, 15) is 0 Å². The van der Waals surface area contributed by atoms with Crippen molar-refractivity contribution in [1.82, 2.24) is 0 Å². The molecule has 0 saturated heterocycles. The molecule has 0 heterocycles. The van der Waals surface area contributed by atoms with Gasteiger partial charge in [0.25, 0.3) is 0 Å². The van der Waals surface area contributed by atoms with E-state index in [1.54, 1.807) is 0 Å². The largest absolute Gasteiger partial charge is 0.0654 e. The van der Waals surface area contributed by atoms with Crippen molar-refractivity contribution < 1.29 is 0 Å². The van der Waals surface area contributed by atoms with Gasteiger partial charge in [0, 0.05) is 0 Å². The third kappa shape index (κ3) is 3.90. The summed E-state index contributed by atoms with van der Waals surface area (Å²) < 4.78 is 0. The first-order chi connectivity index (χ1) is 13.3. The lowest BCUT2D eigenvalue weighted by Crippen LogP contribution is -1.86. The molecule has 0 atom stereocenters. The Bertz CT molecular complexity index is 1050. The number of rotatable bonds is 6. The van der Waals surface area contributed by atoms with Crippen molar-refractivity contribution in [2.24, 2.45) is 0 Å². The van der Waals surface area contributed by atoms with Crippen LogP contribution in [0.1, 0.15) is 44.2 Å². The van der Waals surface area contributed by atoms with Gasteiger partial charge in [-0.1, -0.05) is 81.3 Å². The predicted octanol–water partition coefficient (Wildman–Crippen LogP) is 7.96. The Morgan fingerprint density at radius 2 is 1.11 bits per heavy atom. The van der Waals surface area contributed by atoms with Gasteiger partial charge in [-0.05, 0) is 81.3 Å². The lowest BCUT2D eigenvalue weighted by molar-refractivity contribution is 0.796. The van der Waals surface area contributed by atoms with E-state index in [0.29, 0.717) is 0 Å². The fourth-order valence-corrected chi connectivity index (χ4v) is 3.92. The van der Waals surface area contributed by atoms with Crippen LogP contribution in [-0.4, -0.2) is 0 Å². The van der Waals surface area contributed by atoms with E-state index in [1.807, 2.05) is 0 Å². The summed E-state index contributed by atoms with van der Waals surface area (Å²) in [5, 5.41) is 5.33. The average Bonchev–Trinajstić information content (AvgIpc) is 2.71. The Kier molecular flexibility index (Phi) is 5.25. The molecule has 27 heavy (non-hydrogen) atoms. The molecule has 0 aliphatic rings. The molecule has 0 aromatic heterocycles. The Morgan fingerprint density at radius 1 is 0.481 bits per heavy atom. The zero-order valence-electron chi connectivity index (χ0n) is 16.5. The van der Waals surface area contributed by atoms with E-state index in [0.717, 1.165) is 6.42 Å². The van der Waals surface area contributed by atoms with Crippen LogP contribution in [0, 0.1) is 0 Å². The first kappa shape index (κ1) is 17.8. The van der Waals surface area contributed by atoms with Crippen molar-refractivity contribution in [2.75, 3.05) is 0 Å². The SMILES string of the molecule is CCCCc1ccc2cc3cc(-c4ccc(CCC)cc4)ccc3cc2c1. The molecule has 0 aliphatic heterocycles. The maximum atomic E-state index is 2.37. The van der Waals surface area contributed by atoms with Gasteiger partial charge in [-0.3, -0.25) is 0 Å². The fourth-order valence-electron chi connectivity index (χ4n) is 3.92. The molecular weight excluding hydrogens is 324 g/mol. The smallest absolute Gasteiger partial charge is 0.0171 e. The Hall–Kier alpha value is -2.60. The fraction of sp³-hybridized carbons (Fsp3) is 0.259. The van der Waals surface area contributed by atoms with Crippen LogP contribution in [0.25, 0.3) is 32.7 Å². The molecule has 0 nitrogen and oxygen atoms in total. The third-order valence-electron chi connectivity index (χ3n) is 5.50. The summed E-state index contributed by atoms with van der Waals surface area (Å²) >= 11 is 0. The van der Waals surface area contributed by atoms with E-state index < -0.39 is 0 Å². The standard InChI is InChI=1S/C27H28/c1-3-5-7-21-10-13-24-19-27-17-23(14-15-25(27)18-26(24)16-21)22-11-8-20(6-4-2)9-12-22/h8-19H,3-7H2,1-2H3. The van der Waals surface area contributed by atoms with Crippen LogP contribution in [0.3, 0.4) is 0 Å². The number of fused-ring (bicyclic) bond motifs is 2. The van der Waals surface area contributed by atoms with Gasteiger partial charge >= 0.3 is 0 Å². The monoisotopic (exact) mass is 352 g/mol. The average molecular weight is 353 g/mol. The number of benzene rings is 4. The van der Waals surface area contributed by atoms with Crippen LogP contribution in [0.15, 0.2) is 72.8 Å². The Balaban J connectivity index is 1.70. The highest BCUT2D eigenvalue weighted by molar-refractivity contribution is 5.99. The summed E-state index contributed by atoms with van der Waals surface area (Å²) in [5.41, 5.74) is 5.47. The molecule has 0 heteroatoms. The van der Waals surface area contributed by atoms with Crippen LogP contribution in [0.5, 0.6) is 0 Å². The van der Waals surface area contributed by atoms with E-state index in [2.05, 4.69) is 86.6 Å². The number of unbranched alkanes of at least 4 members (excludes halogenated alkanes) is 1. The molecule has 4 aromatic rings. The van der Waals surface area contributed by atoms with Gasteiger partial charge < -0.3 is 0 Å². The molecular formula is C27H28. The molecule has 0 bridgehead atoms. The van der Waals surface area contributed by atoms with Crippen molar-refractivity contribution in [1.29, 1.82) is 0 Å². The summed E-state index contributed by atoms with van der Waals surface area (Å²) in [7, 11) is 0. The van der Waals surface area contributed by atoms with Crippen molar-refractivity contribution in [2.45, 2.75) is 46.0 Å². The zero-order valence-corrected chi connectivity index (χ0v) is 16.5. The quantitative estimate of drug-likeness (QED) is 0.309. The molecule has 136 valence electrons. The van der Waals surface area contributed by atoms with E-state index >= 15 is 0 Å². The van der Waals surface area contributed by atoms with Crippen LogP contribution < -0.4 is 0 Å². The van der Waals surface area contributed by atoms with Crippen LogP contribution in [0.4, 0.5) is 0 Å². The highest BCUT2D eigenvalue weighted by Crippen LogP contribution is 2.29. The molecule has 0 unspecified atom stereocenters. The van der Waals surface area contributed by atoms with Gasteiger partial charge in [-0.15, -0.1) is 0 Å². The maximum absolute atomic E-state index is 2.37. The Labute approximate surface area is 162 Å². The van der Waals surface area contributed by atoms with E-state index in [1.165, 1.54) is 69.5 Å². The highest BCUT2D eigenvalue weighted by Gasteiger charge is 2.04. The molecule has 0 radical (unpaired) electrons. The molecule has 0 saturated carbocycles. The summed E-state index contributed by atoms with van der Waals surface area (Å²) in [4.78, 5) is 0. The zero-order chi connectivity index (χ0) is 18.6. The molecule has 0 N–H and O–H groups in total. The van der Waals surface area contributed by atoms with Gasteiger partial charge in [0.1, 0.15) is 0 Å². The molecule has 0 fully saturated rings. The van der Waals surface area contributed by atoms with Crippen LogP contribution in [0.2, 0.25) is 0 Å². The van der Waals surface area contributed by atoms with Gasteiger partial charge in [0.15, 0.2) is 0 Å². The molecule has 0 spiro atoms. The van der Waals surface area contributed by atoms with Gasteiger partial charge in [-0.2, -0.15) is 0 Å². The molecule has 4 rings (SSSR count). The van der Waals surface area contributed by atoms with Crippen molar-refractivity contribution in [3.05, 3.63) is 83.9 Å². The minimum Gasteiger partial charge on any atom is -0.0654 e. The summed E-state index contributed by atoms with van der Waals surface area (Å²) in [6.45, 7) is 4.48. The molecule has 0 aliphatic carbocycles. The highest BCUT2D eigenvalue weighted by atomic mass is 14.1. The third-order valence-corrected chi connectivity index (χ3v) is 5.50.